The highest BCUT2D eigenvalue weighted by molar-refractivity contribution is 7.80. The number of carbonyl (C=O) groups excluding carboxylic acids is 1. The van der Waals surface area contributed by atoms with Gasteiger partial charge in [-0.1, -0.05) is 48.5 Å². The fourth-order valence-electron chi connectivity index (χ4n) is 3.16. The third kappa shape index (κ3) is 6.80. The molecule has 4 N–H and O–H groups in total. The molecule has 1 saturated heterocycles. The number of carbonyl (C=O) groups is 1. The van der Waals surface area contributed by atoms with E-state index in [1.54, 1.807) is 0 Å². The van der Waals surface area contributed by atoms with Gasteiger partial charge in [-0.25, -0.2) is 4.79 Å². The molecule has 0 radical (unpaired) electrons. The summed E-state index contributed by atoms with van der Waals surface area (Å²) in [7, 11) is -0.612. The standard InChI is InChI=1S/C24H30BN3O4S/c1-23(2)24(3,4)32-25(31-23)19(14-17-10-12-20(13-11-17)28-21(26)33)15-27-22(29)30-16-18-8-6-5-7-9-18/h5-14H,15-16H2,1-4H3,(H,27,29)(H3,26,28,33). The molecule has 0 bridgehead atoms. The van der Waals surface area contributed by atoms with E-state index >= 15 is 0 Å². The summed E-state index contributed by atoms with van der Waals surface area (Å²) in [6.45, 7) is 8.35. The molecule has 174 valence electrons. The second-order valence-electron chi connectivity index (χ2n) is 8.83. The van der Waals surface area contributed by atoms with Crippen molar-refractivity contribution in [2.45, 2.75) is 45.5 Å². The number of hydrogen-bond donors (Lipinski definition) is 3. The number of amides is 1. The van der Waals surface area contributed by atoms with Crippen LogP contribution in [-0.2, 0) is 20.7 Å². The molecule has 0 unspecified atom stereocenters. The number of anilines is 1. The van der Waals surface area contributed by atoms with Gasteiger partial charge in [0.1, 0.15) is 6.61 Å². The molecule has 3 rings (SSSR count). The quantitative estimate of drug-likeness (QED) is 0.413. The number of hydrogen-bond acceptors (Lipinski definition) is 5. The van der Waals surface area contributed by atoms with Crippen molar-refractivity contribution in [1.29, 1.82) is 0 Å². The number of benzene rings is 2. The number of ether oxygens (including phenoxy) is 1. The Hall–Kier alpha value is -2.88. The van der Waals surface area contributed by atoms with Crippen LogP contribution in [0.25, 0.3) is 6.08 Å². The zero-order valence-corrected chi connectivity index (χ0v) is 20.2. The van der Waals surface area contributed by atoms with Crippen LogP contribution in [0, 0.1) is 0 Å². The highest BCUT2D eigenvalue weighted by atomic mass is 32.1. The van der Waals surface area contributed by atoms with Gasteiger partial charge in [0.05, 0.1) is 11.2 Å². The Kier molecular flexibility index (Phi) is 7.78. The molecule has 7 nitrogen and oxygen atoms in total. The number of nitrogens with one attached hydrogen (secondary N) is 2. The monoisotopic (exact) mass is 467 g/mol. The number of nitrogens with two attached hydrogens (primary N) is 1. The molecule has 0 saturated carbocycles. The van der Waals surface area contributed by atoms with E-state index in [-0.39, 0.29) is 18.3 Å². The average molecular weight is 467 g/mol. The Morgan fingerprint density at radius 1 is 1.06 bits per heavy atom. The summed E-state index contributed by atoms with van der Waals surface area (Å²) in [6, 6.07) is 17.1. The van der Waals surface area contributed by atoms with Gasteiger partial charge >= 0.3 is 13.2 Å². The third-order valence-electron chi connectivity index (χ3n) is 5.74. The molecule has 0 aromatic heterocycles. The maximum Gasteiger partial charge on any atom is 0.492 e. The van der Waals surface area contributed by atoms with Crippen molar-refractivity contribution in [3.05, 3.63) is 71.2 Å². The summed E-state index contributed by atoms with van der Waals surface area (Å²) in [4.78, 5) is 12.3. The highest BCUT2D eigenvalue weighted by Gasteiger charge is 2.52. The summed E-state index contributed by atoms with van der Waals surface area (Å²) < 4.78 is 17.8. The van der Waals surface area contributed by atoms with Gasteiger partial charge in [-0.05, 0) is 68.6 Å². The second kappa shape index (κ2) is 10.4. The topological polar surface area (TPSA) is 94.8 Å². The van der Waals surface area contributed by atoms with Crippen molar-refractivity contribution in [2.24, 2.45) is 5.73 Å². The second-order valence-corrected chi connectivity index (χ2v) is 9.27. The third-order valence-corrected chi connectivity index (χ3v) is 5.84. The van der Waals surface area contributed by atoms with Crippen molar-refractivity contribution in [1.82, 2.24) is 5.32 Å². The van der Waals surface area contributed by atoms with Gasteiger partial charge in [-0.3, -0.25) is 0 Å². The van der Waals surface area contributed by atoms with Crippen molar-refractivity contribution in [3.8, 4) is 0 Å². The minimum atomic E-state index is -0.612. The van der Waals surface area contributed by atoms with E-state index in [1.807, 2.05) is 88.4 Å². The molecule has 1 heterocycles. The first kappa shape index (κ1) is 24.8. The zero-order chi connectivity index (χ0) is 24.1. The Morgan fingerprint density at radius 2 is 1.67 bits per heavy atom. The molecule has 0 aliphatic carbocycles. The van der Waals surface area contributed by atoms with Crippen LogP contribution >= 0.6 is 12.2 Å². The molecule has 2 aromatic carbocycles. The molecule has 1 aliphatic heterocycles. The van der Waals surface area contributed by atoms with E-state index in [1.165, 1.54) is 0 Å². The highest BCUT2D eigenvalue weighted by Crippen LogP contribution is 2.38. The van der Waals surface area contributed by atoms with Crippen LogP contribution < -0.4 is 16.4 Å². The van der Waals surface area contributed by atoms with Crippen LogP contribution in [-0.4, -0.2) is 36.1 Å². The van der Waals surface area contributed by atoms with E-state index < -0.39 is 24.4 Å². The van der Waals surface area contributed by atoms with Gasteiger partial charge in [0.25, 0.3) is 0 Å². The summed E-state index contributed by atoms with van der Waals surface area (Å²) in [5.74, 6) is 0. The van der Waals surface area contributed by atoms with Crippen LogP contribution in [0.4, 0.5) is 10.5 Å². The largest absolute Gasteiger partial charge is 0.492 e. The first-order valence-corrected chi connectivity index (χ1v) is 11.1. The molecule has 1 aliphatic rings. The summed E-state index contributed by atoms with van der Waals surface area (Å²) in [5.41, 5.74) is 7.90. The summed E-state index contributed by atoms with van der Waals surface area (Å²) >= 11 is 4.88. The average Bonchev–Trinajstić information content (AvgIpc) is 2.98. The minimum Gasteiger partial charge on any atom is -0.445 e. The van der Waals surface area contributed by atoms with Crippen LogP contribution in [0.1, 0.15) is 38.8 Å². The summed E-state index contributed by atoms with van der Waals surface area (Å²) in [5, 5.41) is 5.91. The van der Waals surface area contributed by atoms with Gasteiger partial charge in [0.2, 0.25) is 0 Å². The van der Waals surface area contributed by atoms with Crippen molar-refractivity contribution in [3.63, 3.8) is 0 Å². The lowest BCUT2D eigenvalue weighted by molar-refractivity contribution is 0.00578. The SMILES string of the molecule is CC1(C)OB(C(=Cc2ccc(NC(N)=S)cc2)CNC(=O)OCc2ccccc2)OC1(C)C. The predicted octanol–water partition coefficient (Wildman–Crippen LogP) is 4.28. The van der Waals surface area contributed by atoms with Crippen molar-refractivity contribution < 1.29 is 18.8 Å². The Labute approximate surface area is 200 Å². The van der Waals surface area contributed by atoms with Crippen LogP contribution in [0.15, 0.2) is 60.1 Å². The lowest BCUT2D eigenvalue weighted by Crippen LogP contribution is -2.41. The van der Waals surface area contributed by atoms with E-state index in [0.717, 1.165) is 22.3 Å². The van der Waals surface area contributed by atoms with E-state index in [9.17, 15) is 4.79 Å². The molecule has 9 heteroatoms. The van der Waals surface area contributed by atoms with Gasteiger partial charge in [0.15, 0.2) is 5.11 Å². The minimum absolute atomic E-state index is 0.194. The first-order chi connectivity index (χ1) is 15.6. The summed E-state index contributed by atoms with van der Waals surface area (Å²) in [6.07, 6.45) is 1.42. The van der Waals surface area contributed by atoms with Gasteiger partial charge in [-0.2, -0.15) is 0 Å². The molecular weight excluding hydrogens is 437 g/mol. The smallest absolute Gasteiger partial charge is 0.445 e. The Bertz CT molecular complexity index is 994. The van der Waals surface area contributed by atoms with Crippen LogP contribution in [0.5, 0.6) is 0 Å². The van der Waals surface area contributed by atoms with Gasteiger partial charge in [0, 0.05) is 12.2 Å². The molecule has 0 atom stereocenters. The van der Waals surface area contributed by atoms with E-state index in [2.05, 4.69) is 10.6 Å². The van der Waals surface area contributed by atoms with Crippen molar-refractivity contribution in [2.75, 3.05) is 11.9 Å². The van der Waals surface area contributed by atoms with E-state index in [4.69, 9.17) is 32.0 Å². The number of rotatable bonds is 7. The fraction of sp³-hybridized carbons (Fsp3) is 0.333. The number of thiocarbonyl (C=S) groups is 1. The number of alkyl carbamates (subject to hydrolysis) is 1. The maximum absolute atomic E-state index is 12.3. The van der Waals surface area contributed by atoms with Gasteiger partial charge in [-0.15, -0.1) is 0 Å². The Morgan fingerprint density at radius 3 is 2.24 bits per heavy atom. The molecule has 33 heavy (non-hydrogen) atoms. The maximum atomic E-state index is 12.3. The van der Waals surface area contributed by atoms with Crippen LogP contribution in [0.2, 0.25) is 0 Å². The first-order valence-electron chi connectivity index (χ1n) is 10.7. The lowest BCUT2D eigenvalue weighted by Gasteiger charge is -2.32. The lowest BCUT2D eigenvalue weighted by atomic mass is 9.77. The molecule has 0 spiro atoms. The van der Waals surface area contributed by atoms with Crippen LogP contribution in [0.3, 0.4) is 0 Å². The molecule has 2 aromatic rings. The normalized spacial score (nSPS) is 16.8. The predicted molar refractivity (Wildman–Crippen MR) is 136 cm³/mol. The zero-order valence-electron chi connectivity index (χ0n) is 19.4. The van der Waals surface area contributed by atoms with Gasteiger partial charge < -0.3 is 30.4 Å². The fourth-order valence-corrected chi connectivity index (χ4v) is 3.28. The molecular formula is C24H30BN3O4S. The van der Waals surface area contributed by atoms with Crippen molar-refractivity contribution >= 4 is 42.3 Å². The molecule has 1 fully saturated rings. The Balaban J connectivity index is 1.72. The molecule has 1 amide bonds. The van der Waals surface area contributed by atoms with E-state index in [0.29, 0.717) is 0 Å².